The van der Waals surface area contributed by atoms with Crippen LogP contribution < -0.4 is 5.73 Å². The zero-order chi connectivity index (χ0) is 22.2. The average molecular weight is 437 g/mol. The normalized spacial score (nSPS) is 16.8. The number of rotatable bonds is 9. The van der Waals surface area contributed by atoms with Crippen molar-refractivity contribution in [1.29, 1.82) is 0 Å². The molecule has 0 unspecified atom stereocenters. The zero-order valence-corrected chi connectivity index (χ0v) is 19.0. The van der Waals surface area contributed by atoms with Crippen LogP contribution in [0.25, 0.3) is 0 Å². The molecule has 0 aliphatic carbocycles. The van der Waals surface area contributed by atoms with Crippen molar-refractivity contribution in [1.82, 2.24) is 14.7 Å². The Bertz CT molecular complexity index is 865. The predicted molar refractivity (Wildman–Crippen MR) is 127 cm³/mol. The van der Waals surface area contributed by atoms with Crippen LogP contribution in [0.4, 0.5) is 4.79 Å². The topological polar surface area (TPSA) is 62.0 Å². The van der Waals surface area contributed by atoms with Crippen LogP contribution in [0, 0.1) is 0 Å². The Balaban J connectivity index is 1.22. The smallest absolute Gasteiger partial charge is 0.410 e. The van der Waals surface area contributed by atoms with E-state index in [9.17, 15) is 4.79 Å². The quantitative estimate of drug-likeness (QED) is 0.609. The molecule has 2 aromatic rings. The first-order valence-electron chi connectivity index (χ1n) is 11.9. The summed E-state index contributed by atoms with van der Waals surface area (Å²) in [5.41, 5.74) is 10.4. The molecule has 1 amide bonds. The summed E-state index contributed by atoms with van der Waals surface area (Å²) in [6.07, 6.45) is 3.39. The van der Waals surface area contributed by atoms with Gasteiger partial charge in [0.2, 0.25) is 0 Å². The number of hydrogen-bond acceptors (Lipinski definition) is 5. The molecule has 0 spiro atoms. The highest BCUT2D eigenvalue weighted by Crippen LogP contribution is 2.25. The van der Waals surface area contributed by atoms with E-state index in [0.717, 1.165) is 51.3 Å². The van der Waals surface area contributed by atoms with Gasteiger partial charge in [-0.05, 0) is 48.2 Å². The molecule has 2 aromatic carbocycles. The lowest BCUT2D eigenvalue weighted by Crippen LogP contribution is -2.46. The Morgan fingerprint density at radius 3 is 2.38 bits per heavy atom. The number of fused-ring (bicyclic) bond motifs is 1. The van der Waals surface area contributed by atoms with Gasteiger partial charge in [0.25, 0.3) is 0 Å². The van der Waals surface area contributed by atoms with Gasteiger partial charge in [0.1, 0.15) is 6.61 Å². The molecule has 172 valence electrons. The molecular weight excluding hydrogens is 400 g/mol. The molecule has 32 heavy (non-hydrogen) atoms. The molecule has 2 aliphatic rings. The second-order valence-corrected chi connectivity index (χ2v) is 8.97. The van der Waals surface area contributed by atoms with Gasteiger partial charge in [0, 0.05) is 45.8 Å². The number of nitrogens with two attached hydrogens (primary N) is 1. The highest BCUT2D eigenvalue weighted by atomic mass is 16.6. The van der Waals surface area contributed by atoms with E-state index in [1.165, 1.54) is 36.1 Å². The summed E-state index contributed by atoms with van der Waals surface area (Å²) in [6, 6.07) is 16.5. The minimum Gasteiger partial charge on any atom is -0.445 e. The second-order valence-electron chi connectivity index (χ2n) is 8.97. The van der Waals surface area contributed by atoms with Gasteiger partial charge in [-0.1, -0.05) is 55.0 Å². The van der Waals surface area contributed by atoms with E-state index in [2.05, 4.69) is 28.0 Å². The van der Waals surface area contributed by atoms with Crippen molar-refractivity contribution >= 4 is 6.09 Å². The van der Waals surface area contributed by atoms with Crippen LogP contribution in [-0.2, 0) is 31.0 Å². The van der Waals surface area contributed by atoms with Gasteiger partial charge in [-0.25, -0.2) is 4.79 Å². The van der Waals surface area contributed by atoms with Gasteiger partial charge in [-0.15, -0.1) is 0 Å². The number of nitrogens with zero attached hydrogens (tertiary/aromatic N) is 3. The minimum atomic E-state index is -0.241. The van der Waals surface area contributed by atoms with E-state index in [0.29, 0.717) is 19.7 Å². The Kier molecular flexibility index (Phi) is 8.15. The van der Waals surface area contributed by atoms with Crippen LogP contribution in [0.2, 0.25) is 0 Å². The highest BCUT2D eigenvalue weighted by Gasteiger charge is 2.25. The van der Waals surface area contributed by atoms with E-state index in [1.807, 2.05) is 30.3 Å². The van der Waals surface area contributed by atoms with E-state index in [-0.39, 0.29) is 6.09 Å². The lowest BCUT2D eigenvalue weighted by Gasteiger charge is -2.34. The number of unbranched alkanes of at least 4 members (excludes halogenated alkanes) is 2. The standard InChI is InChI=1S/C26H36N4O2/c27-11-5-2-6-12-28-13-15-29(16-14-28)18-23-9-10-24-19-30(20-25(24)17-23)26(31)32-21-22-7-3-1-4-8-22/h1,3-4,7-10,17H,2,5-6,11-16,18-21,27H2. The molecule has 2 aliphatic heterocycles. The fourth-order valence-electron chi connectivity index (χ4n) is 4.57. The summed E-state index contributed by atoms with van der Waals surface area (Å²) in [4.78, 5) is 19.4. The van der Waals surface area contributed by atoms with Crippen LogP contribution in [0.3, 0.4) is 0 Å². The summed E-state index contributed by atoms with van der Waals surface area (Å²) in [5, 5.41) is 0. The van der Waals surface area contributed by atoms with Crippen LogP contribution >= 0.6 is 0 Å². The van der Waals surface area contributed by atoms with Crippen molar-refractivity contribution in [2.24, 2.45) is 5.73 Å². The van der Waals surface area contributed by atoms with Crippen molar-refractivity contribution in [3.05, 3.63) is 70.8 Å². The minimum absolute atomic E-state index is 0.241. The maximum Gasteiger partial charge on any atom is 0.410 e. The zero-order valence-electron chi connectivity index (χ0n) is 19.0. The van der Waals surface area contributed by atoms with Crippen molar-refractivity contribution in [3.8, 4) is 0 Å². The van der Waals surface area contributed by atoms with Gasteiger partial charge >= 0.3 is 6.09 Å². The fraction of sp³-hybridized carbons (Fsp3) is 0.500. The molecule has 1 fully saturated rings. The SMILES string of the molecule is NCCCCCN1CCN(Cc2ccc3c(c2)CN(C(=O)OCc2ccccc2)C3)CC1. The first-order chi connectivity index (χ1) is 15.7. The monoisotopic (exact) mass is 436 g/mol. The molecular formula is C26H36N4O2. The number of amides is 1. The van der Waals surface area contributed by atoms with Gasteiger partial charge in [0.05, 0.1) is 0 Å². The van der Waals surface area contributed by atoms with Crippen LogP contribution in [0.5, 0.6) is 0 Å². The number of carbonyl (C=O) groups excluding carboxylic acids is 1. The third-order valence-corrected chi connectivity index (χ3v) is 6.51. The van der Waals surface area contributed by atoms with Crippen molar-refractivity contribution in [2.75, 3.05) is 39.3 Å². The lowest BCUT2D eigenvalue weighted by molar-refractivity contribution is 0.0955. The summed E-state index contributed by atoms with van der Waals surface area (Å²) in [6.45, 7) is 9.09. The molecule has 0 saturated carbocycles. The molecule has 2 heterocycles. The molecule has 0 radical (unpaired) electrons. The summed E-state index contributed by atoms with van der Waals surface area (Å²) < 4.78 is 5.51. The maximum absolute atomic E-state index is 12.5. The van der Waals surface area contributed by atoms with E-state index in [4.69, 9.17) is 10.5 Å². The van der Waals surface area contributed by atoms with Gasteiger partial charge in [-0.2, -0.15) is 0 Å². The van der Waals surface area contributed by atoms with Crippen molar-refractivity contribution in [3.63, 3.8) is 0 Å². The van der Waals surface area contributed by atoms with Gasteiger partial charge in [0.15, 0.2) is 0 Å². The molecule has 0 bridgehead atoms. The average Bonchev–Trinajstić information content (AvgIpc) is 3.26. The van der Waals surface area contributed by atoms with Crippen LogP contribution in [0.15, 0.2) is 48.5 Å². The predicted octanol–water partition coefficient (Wildman–Crippen LogP) is 3.59. The van der Waals surface area contributed by atoms with Crippen molar-refractivity contribution < 1.29 is 9.53 Å². The lowest BCUT2D eigenvalue weighted by atomic mass is 10.1. The molecule has 6 heteroatoms. The Morgan fingerprint density at radius 2 is 1.59 bits per heavy atom. The third kappa shape index (κ3) is 6.31. The summed E-state index contributed by atoms with van der Waals surface area (Å²) in [5.74, 6) is 0. The van der Waals surface area contributed by atoms with E-state index < -0.39 is 0 Å². The largest absolute Gasteiger partial charge is 0.445 e. The second kappa shape index (κ2) is 11.5. The van der Waals surface area contributed by atoms with E-state index >= 15 is 0 Å². The Morgan fingerprint density at radius 1 is 0.844 bits per heavy atom. The molecule has 2 N–H and O–H groups in total. The fourth-order valence-corrected chi connectivity index (χ4v) is 4.57. The van der Waals surface area contributed by atoms with E-state index in [1.54, 1.807) is 4.90 Å². The summed E-state index contributed by atoms with van der Waals surface area (Å²) >= 11 is 0. The molecule has 4 rings (SSSR count). The number of carbonyl (C=O) groups is 1. The van der Waals surface area contributed by atoms with Crippen molar-refractivity contribution in [2.45, 2.75) is 45.5 Å². The first kappa shape index (κ1) is 22.8. The number of piperazine rings is 1. The maximum atomic E-state index is 12.5. The first-order valence-corrected chi connectivity index (χ1v) is 11.9. The molecule has 0 atom stereocenters. The molecule has 0 aromatic heterocycles. The number of benzene rings is 2. The Hall–Kier alpha value is -2.41. The third-order valence-electron chi connectivity index (χ3n) is 6.51. The van der Waals surface area contributed by atoms with Gasteiger partial charge < -0.3 is 15.4 Å². The Labute approximate surface area is 191 Å². The molecule has 6 nitrogen and oxygen atoms in total. The molecule has 1 saturated heterocycles. The summed E-state index contributed by atoms with van der Waals surface area (Å²) in [7, 11) is 0. The number of hydrogen-bond donors (Lipinski definition) is 1. The van der Waals surface area contributed by atoms with Crippen LogP contribution in [0.1, 0.15) is 41.5 Å². The highest BCUT2D eigenvalue weighted by molar-refractivity contribution is 5.69. The number of ether oxygens (including phenoxy) is 1. The van der Waals surface area contributed by atoms with Gasteiger partial charge in [-0.3, -0.25) is 9.80 Å². The van der Waals surface area contributed by atoms with Crippen LogP contribution in [-0.4, -0.2) is 60.1 Å².